The van der Waals surface area contributed by atoms with Crippen molar-refractivity contribution in [3.8, 4) is 0 Å². The van der Waals surface area contributed by atoms with Gasteiger partial charge >= 0.3 is 12.4 Å². The minimum atomic E-state index is -5.00. The number of alkyl halides is 6. The van der Waals surface area contributed by atoms with Gasteiger partial charge in [-0.1, -0.05) is 6.07 Å². The van der Waals surface area contributed by atoms with Gasteiger partial charge in [-0.3, -0.25) is 4.79 Å². The summed E-state index contributed by atoms with van der Waals surface area (Å²) in [5.74, 6) is -1.40. The summed E-state index contributed by atoms with van der Waals surface area (Å²) in [6, 6.07) is 5.60. The maximum atomic E-state index is 14.0. The van der Waals surface area contributed by atoms with E-state index < -0.39 is 47.6 Å². The Morgan fingerprint density at radius 3 is 2.21 bits per heavy atom. The molecule has 0 spiro atoms. The molecule has 0 bridgehead atoms. The zero-order chi connectivity index (χ0) is 30.4. The molecule has 0 aliphatic carbocycles. The van der Waals surface area contributed by atoms with Crippen LogP contribution in [0.3, 0.4) is 0 Å². The van der Waals surface area contributed by atoms with Gasteiger partial charge in [0.2, 0.25) is 5.91 Å². The number of aryl methyl sites for hydroxylation is 1. The number of hydrogen-bond donors (Lipinski definition) is 0. The second kappa shape index (κ2) is 11.8. The van der Waals surface area contributed by atoms with E-state index in [1.165, 1.54) is 19.1 Å². The molecule has 2 aromatic carbocycles. The van der Waals surface area contributed by atoms with Gasteiger partial charge in [0, 0.05) is 44.1 Å². The molecule has 5 rings (SSSR count). The van der Waals surface area contributed by atoms with Crippen LogP contribution >= 0.6 is 0 Å². The average Bonchev–Trinajstić information content (AvgIpc) is 3.37. The summed E-state index contributed by atoms with van der Waals surface area (Å²) < 4.78 is 113. The van der Waals surface area contributed by atoms with Crippen molar-refractivity contribution in [2.24, 2.45) is 17.8 Å². The zero-order valence-corrected chi connectivity index (χ0v) is 23.1. The first-order valence-electron chi connectivity index (χ1n) is 13.9. The average molecular weight is 604 g/mol. The Bertz CT molecular complexity index is 1260. The second-order valence-corrected chi connectivity index (χ2v) is 11.4. The maximum Gasteiger partial charge on any atom is 0.416 e. The molecule has 3 saturated heterocycles. The Labute approximate surface area is 238 Å². The van der Waals surface area contributed by atoms with Gasteiger partial charge in [0.15, 0.2) is 6.29 Å². The molecular weight excluding hydrogens is 571 g/mol. The highest BCUT2D eigenvalue weighted by Crippen LogP contribution is 2.46. The number of likely N-dealkylation sites (tertiary alicyclic amines) is 1. The van der Waals surface area contributed by atoms with Crippen molar-refractivity contribution in [1.29, 1.82) is 0 Å². The molecule has 3 aliphatic rings. The molecule has 3 aliphatic heterocycles. The largest absolute Gasteiger partial charge is 0.416 e. The van der Waals surface area contributed by atoms with Gasteiger partial charge in [-0.2, -0.15) is 26.3 Å². The number of carbonyl (C=O) groups is 1. The lowest BCUT2D eigenvalue weighted by Crippen LogP contribution is -2.42. The fourth-order valence-corrected chi connectivity index (χ4v) is 6.39. The van der Waals surface area contributed by atoms with Crippen LogP contribution in [0.25, 0.3) is 0 Å². The fourth-order valence-electron chi connectivity index (χ4n) is 6.39. The van der Waals surface area contributed by atoms with Crippen molar-refractivity contribution in [2.45, 2.75) is 57.4 Å². The first-order valence-corrected chi connectivity index (χ1v) is 13.9. The number of rotatable bonds is 5. The summed E-state index contributed by atoms with van der Waals surface area (Å²) in [6.07, 6.45) is -11.0. The van der Waals surface area contributed by atoms with Gasteiger partial charge < -0.3 is 19.1 Å². The van der Waals surface area contributed by atoms with Crippen LogP contribution in [0.2, 0.25) is 0 Å². The predicted molar refractivity (Wildman–Crippen MR) is 137 cm³/mol. The van der Waals surface area contributed by atoms with Crippen LogP contribution in [0.1, 0.15) is 59.6 Å². The van der Waals surface area contributed by atoms with Crippen LogP contribution in [-0.2, 0) is 31.4 Å². The van der Waals surface area contributed by atoms with Crippen molar-refractivity contribution in [3.05, 3.63) is 70.0 Å². The zero-order valence-electron chi connectivity index (χ0n) is 23.1. The van der Waals surface area contributed by atoms with Gasteiger partial charge in [0.25, 0.3) is 0 Å². The molecule has 5 nitrogen and oxygen atoms in total. The van der Waals surface area contributed by atoms with Gasteiger partial charge in [-0.25, -0.2) is 4.39 Å². The summed E-state index contributed by atoms with van der Waals surface area (Å²) in [6.45, 7) is 5.12. The normalized spacial score (nSPS) is 26.3. The van der Waals surface area contributed by atoms with E-state index in [1.807, 2.05) is 0 Å². The summed E-state index contributed by atoms with van der Waals surface area (Å²) in [5, 5.41) is 0. The third-order valence-corrected chi connectivity index (χ3v) is 8.61. The first-order chi connectivity index (χ1) is 19.7. The van der Waals surface area contributed by atoms with E-state index in [0.29, 0.717) is 62.4 Å². The minimum Gasteiger partial charge on any atom is -0.381 e. The fraction of sp³-hybridized carbons (Fsp3) is 0.567. The van der Waals surface area contributed by atoms with E-state index in [4.69, 9.17) is 14.2 Å². The molecule has 3 heterocycles. The lowest BCUT2D eigenvalue weighted by Gasteiger charge is -2.41. The van der Waals surface area contributed by atoms with E-state index >= 15 is 0 Å². The van der Waals surface area contributed by atoms with Gasteiger partial charge in [-0.15, -0.1) is 0 Å². The molecule has 0 radical (unpaired) electrons. The number of ether oxygens (including phenoxy) is 3. The predicted octanol–water partition coefficient (Wildman–Crippen LogP) is 6.89. The smallest absolute Gasteiger partial charge is 0.381 e. The summed E-state index contributed by atoms with van der Waals surface area (Å²) in [5.41, 5.74) is -1.89. The third-order valence-electron chi connectivity index (χ3n) is 8.61. The van der Waals surface area contributed by atoms with Crippen molar-refractivity contribution < 1.29 is 49.7 Å². The number of carbonyl (C=O) groups excluding carboxylic acids is 1. The van der Waals surface area contributed by atoms with Gasteiger partial charge in [0.05, 0.1) is 23.8 Å². The Hall–Kier alpha value is -2.70. The molecule has 1 amide bonds. The summed E-state index contributed by atoms with van der Waals surface area (Å²) in [7, 11) is 0. The van der Waals surface area contributed by atoms with E-state index in [9.17, 15) is 35.5 Å². The SMILES string of the molecule is Cc1cc(F)ccc1[C@H]1C2CN(C(=O)C3CCOCC3)C[C@H]2CO[C@@H]1O[C@H](C)c1cc(C(F)(F)F)cc(C(F)(F)F)c1. The lowest BCUT2D eigenvalue weighted by atomic mass is 9.76. The molecule has 230 valence electrons. The number of nitrogens with zero attached hydrogens (tertiary/aromatic N) is 1. The Morgan fingerprint density at radius 2 is 1.62 bits per heavy atom. The van der Waals surface area contributed by atoms with Crippen LogP contribution in [0.4, 0.5) is 30.7 Å². The second-order valence-electron chi connectivity index (χ2n) is 11.4. The molecule has 0 aromatic heterocycles. The number of halogens is 7. The molecule has 0 N–H and O–H groups in total. The standard InChI is InChI=1S/C30H32F7NO4/c1-16-9-23(31)3-4-24(16)26-25-14-38(27(39)18-5-7-40-8-6-18)13-20(25)15-41-28(26)42-17(2)19-10-21(29(32,33)34)12-22(11-19)30(35,36)37/h3-4,9-12,17-18,20,25-26,28H,5-8,13-15H2,1-2H3/t17-,20+,25?,26+,28-/m1/s1. The Morgan fingerprint density at radius 1 is 0.976 bits per heavy atom. The molecule has 1 unspecified atom stereocenters. The number of amides is 1. The molecule has 5 atom stereocenters. The first kappa shape index (κ1) is 30.7. The van der Waals surface area contributed by atoms with Crippen LogP contribution in [0.15, 0.2) is 36.4 Å². The topological polar surface area (TPSA) is 48.0 Å². The lowest BCUT2D eigenvalue weighted by molar-refractivity contribution is -0.217. The summed E-state index contributed by atoms with van der Waals surface area (Å²) in [4.78, 5) is 15.1. The Balaban J connectivity index is 1.45. The van der Waals surface area contributed by atoms with Gasteiger partial charge in [-0.05, 0) is 79.6 Å². The molecule has 0 saturated carbocycles. The van der Waals surface area contributed by atoms with E-state index in [-0.39, 0.29) is 41.9 Å². The van der Waals surface area contributed by atoms with Crippen molar-refractivity contribution in [2.75, 3.05) is 32.9 Å². The van der Waals surface area contributed by atoms with E-state index in [0.717, 1.165) is 0 Å². The minimum absolute atomic E-state index is 0.0248. The molecule has 42 heavy (non-hydrogen) atoms. The van der Waals surface area contributed by atoms with Crippen LogP contribution in [-0.4, -0.2) is 50.0 Å². The molecule has 3 fully saturated rings. The highest BCUT2D eigenvalue weighted by molar-refractivity contribution is 5.79. The molecule has 12 heteroatoms. The monoisotopic (exact) mass is 603 g/mol. The molecule has 2 aromatic rings. The number of hydrogen-bond acceptors (Lipinski definition) is 4. The van der Waals surface area contributed by atoms with E-state index in [2.05, 4.69) is 0 Å². The van der Waals surface area contributed by atoms with Crippen molar-refractivity contribution in [1.82, 2.24) is 4.90 Å². The maximum absolute atomic E-state index is 14.0. The highest BCUT2D eigenvalue weighted by atomic mass is 19.4. The van der Waals surface area contributed by atoms with Crippen LogP contribution in [0.5, 0.6) is 0 Å². The van der Waals surface area contributed by atoms with E-state index in [1.54, 1.807) is 17.9 Å². The number of benzene rings is 2. The quantitative estimate of drug-likeness (QED) is 0.350. The Kier molecular flexibility index (Phi) is 8.61. The number of fused-ring (bicyclic) bond motifs is 1. The van der Waals surface area contributed by atoms with Crippen LogP contribution < -0.4 is 0 Å². The third kappa shape index (κ3) is 6.45. The van der Waals surface area contributed by atoms with Crippen molar-refractivity contribution in [3.63, 3.8) is 0 Å². The highest BCUT2D eigenvalue weighted by Gasteiger charge is 2.49. The van der Waals surface area contributed by atoms with Crippen LogP contribution in [0, 0.1) is 30.5 Å². The van der Waals surface area contributed by atoms with Crippen molar-refractivity contribution >= 4 is 5.91 Å². The summed E-state index contributed by atoms with van der Waals surface area (Å²) >= 11 is 0. The van der Waals surface area contributed by atoms with Gasteiger partial charge in [0.1, 0.15) is 5.82 Å². The molecular formula is C30H32F7NO4.